The fourth-order valence-corrected chi connectivity index (χ4v) is 2.24. The number of hydrogen-bond acceptors (Lipinski definition) is 5. The molecule has 0 aromatic heterocycles. The number of ether oxygens (including phenoxy) is 1. The minimum atomic E-state index is -1.42. The van der Waals surface area contributed by atoms with E-state index in [4.69, 9.17) is 4.74 Å². The number of nitrogens with one attached hydrogen (secondary N) is 1. The van der Waals surface area contributed by atoms with Gasteiger partial charge < -0.3 is 20.0 Å². The summed E-state index contributed by atoms with van der Waals surface area (Å²) in [4.78, 5) is 34.9. The van der Waals surface area contributed by atoms with E-state index in [1.165, 1.54) is 30.3 Å². The summed E-state index contributed by atoms with van der Waals surface area (Å²) in [5.41, 5.74) is 0.488. The van der Waals surface area contributed by atoms with Gasteiger partial charge in [-0.1, -0.05) is 24.3 Å². The molecule has 110 valence electrons. The van der Waals surface area contributed by atoms with Gasteiger partial charge in [0, 0.05) is 16.7 Å². The Balaban J connectivity index is 2.02. The molecule has 1 heterocycles. The predicted molar refractivity (Wildman–Crippen MR) is 74.8 cm³/mol. The van der Waals surface area contributed by atoms with Gasteiger partial charge in [0.15, 0.2) is 12.4 Å². The minimum Gasteiger partial charge on any atom is -0.545 e. The van der Waals surface area contributed by atoms with E-state index in [2.05, 4.69) is 5.32 Å². The third-order valence-corrected chi connectivity index (χ3v) is 3.27. The average molecular weight is 296 g/mol. The van der Waals surface area contributed by atoms with Gasteiger partial charge in [0.1, 0.15) is 5.75 Å². The molecule has 1 amide bonds. The molecule has 6 heteroatoms. The first-order chi connectivity index (χ1) is 10.6. The summed E-state index contributed by atoms with van der Waals surface area (Å²) < 4.78 is 5.21. The van der Waals surface area contributed by atoms with Crippen molar-refractivity contribution >= 4 is 23.3 Å². The normalized spacial score (nSPS) is 12.8. The summed E-state index contributed by atoms with van der Waals surface area (Å²) in [6.45, 7) is -0.0756. The Bertz CT molecular complexity index is 797. The molecule has 22 heavy (non-hydrogen) atoms. The van der Waals surface area contributed by atoms with Gasteiger partial charge in [0.25, 0.3) is 5.91 Å². The first-order valence-corrected chi connectivity index (χ1v) is 6.48. The van der Waals surface area contributed by atoms with Crippen LogP contribution in [0.3, 0.4) is 0 Å². The van der Waals surface area contributed by atoms with E-state index < -0.39 is 11.8 Å². The molecule has 2 aromatic carbocycles. The van der Waals surface area contributed by atoms with Crippen LogP contribution in [-0.2, 0) is 4.79 Å². The van der Waals surface area contributed by atoms with Crippen LogP contribution in [-0.4, -0.2) is 24.3 Å². The van der Waals surface area contributed by atoms with E-state index in [9.17, 15) is 19.5 Å². The van der Waals surface area contributed by atoms with Gasteiger partial charge in [-0.05, 0) is 18.2 Å². The Labute approximate surface area is 125 Å². The Morgan fingerprint density at radius 3 is 2.55 bits per heavy atom. The van der Waals surface area contributed by atoms with Crippen molar-refractivity contribution in [2.45, 2.75) is 0 Å². The zero-order valence-corrected chi connectivity index (χ0v) is 11.3. The van der Waals surface area contributed by atoms with Crippen LogP contribution in [0.1, 0.15) is 26.3 Å². The Morgan fingerprint density at radius 1 is 1.09 bits per heavy atom. The molecule has 0 atom stereocenters. The van der Waals surface area contributed by atoms with E-state index in [1.54, 1.807) is 12.1 Å². The molecule has 0 saturated heterocycles. The maximum absolute atomic E-state index is 12.5. The van der Waals surface area contributed by atoms with Gasteiger partial charge in [-0.15, -0.1) is 0 Å². The fraction of sp³-hybridized carbons (Fsp3) is 0.0625. The summed E-state index contributed by atoms with van der Waals surface area (Å²) in [7, 11) is 0. The molecule has 0 bridgehead atoms. The number of carboxylic acid groups (broad SMARTS) is 1. The van der Waals surface area contributed by atoms with Crippen molar-refractivity contribution in [1.29, 1.82) is 0 Å². The van der Waals surface area contributed by atoms with Crippen LogP contribution in [0.5, 0.6) is 5.75 Å². The van der Waals surface area contributed by atoms with Gasteiger partial charge in [0.05, 0.1) is 11.7 Å². The minimum absolute atomic E-state index is 0.0329. The molecule has 0 radical (unpaired) electrons. The first kappa shape index (κ1) is 13.8. The van der Waals surface area contributed by atoms with Gasteiger partial charge >= 0.3 is 0 Å². The molecular formula is C16H10NO5-. The summed E-state index contributed by atoms with van der Waals surface area (Å²) in [5.74, 6) is -1.74. The van der Waals surface area contributed by atoms with Crippen molar-refractivity contribution in [2.24, 2.45) is 0 Å². The van der Waals surface area contributed by atoms with Gasteiger partial charge in [0.2, 0.25) is 0 Å². The number of hydrogen-bond donors (Lipinski definition) is 1. The number of benzene rings is 2. The standard InChI is InChI=1S/C16H11NO5/c18-14-8-22-13-6-5-9(7-12(13)17-14)15(19)10-3-1-2-4-11(10)16(20)21/h1-7H,8H2,(H,17,18)(H,20,21)/p-1. The van der Waals surface area contributed by atoms with Gasteiger partial charge in [-0.3, -0.25) is 9.59 Å². The maximum atomic E-state index is 12.5. The molecule has 3 rings (SSSR count). The van der Waals surface area contributed by atoms with Crippen LogP contribution in [0, 0.1) is 0 Å². The number of fused-ring (bicyclic) bond motifs is 1. The second-order valence-corrected chi connectivity index (χ2v) is 4.71. The lowest BCUT2D eigenvalue weighted by molar-refractivity contribution is -0.255. The predicted octanol–water partition coefficient (Wildman–Crippen LogP) is 0.612. The Kier molecular flexibility index (Phi) is 3.34. The molecule has 0 saturated carbocycles. The molecule has 0 fully saturated rings. The maximum Gasteiger partial charge on any atom is 0.262 e. The number of ketones is 1. The fourth-order valence-electron chi connectivity index (χ4n) is 2.24. The highest BCUT2D eigenvalue weighted by molar-refractivity contribution is 6.14. The number of carbonyl (C=O) groups excluding carboxylic acids is 3. The van der Waals surface area contributed by atoms with Gasteiger partial charge in [-0.2, -0.15) is 0 Å². The molecule has 2 aromatic rings. The Morgan fingerprint density at radius 2 is 1.82 bits per heavy atom. The number of carbonyl (C=O) groups is 3. The highest BCUT2D eigenvalue weighted by atomic mass is 16.5. The number of aromatic carboxylic acids is 1. The topological polar surface area (TPSA) is 95.5 Å². The molecule has 1 aliphatic heterocycles. The van der Waals surface area contributed by atoms with Crippen molar-refractivity contribution in [2.75, 3.05) is 11.9 Å². The third-order valence-electron chi connectivity index (χ3n) is 3.27. The van der Waals surface area contributed by atoms with E-state index in [0.717, 1.165) is 0 Å². The van der Waals surface area contributed by atoms with Crippen LogP contribution in [0.25, 0.3) is 0 Å². The van der Waals surface area contributed by atoms with Gasteiger partial charge in [-0.25, -0.2) is 0 Å². The monoisotopic (exact) mass is 296 g/mol. The highest BCUT2D eigenvalue weighted by Crippen LogP contribution is 2.29. The number of carboxylic acids is 1. The van der Waals surface area contributed by atoms with E-state index in [-0.39, 0.29) is 29.2 Å². The average Bonchev–Trinajstić information content (AvgIpc) is 2.53. The van der Waals surface area contributed by atoms with Crippen molar-refractivity contribution in [3.63, 3.8) is 0 Å². The zero-order chi connectivity index (χ0) is 15.7. The summed E-state index contributed by atoms with van der Waals surface area (Å²) in [6.07, 6.45) is 0. The smallest absolute Gasteiger partial charge is 0.262 e. The lowest BCUT2D eigenvalue weighted by Crippen LogP contribution is -2.26. The van der Waals surface area contributed by atoms with E-state index >= 15 is 0 Å². The highest BCUT2D eigenvalue weighted by Gasteiger charge is 2.19. The Hall–Kier alpha value is -3.15. The third kappa shape index (κ3) is 2.42. The molecule has 1 aliphatic rings. The van der Waals surface area contributed by atoms with Crippen LogP contribution < -0.4 is 15.2 Å². The quantitative estimate of drug-likeness (QED) is 0.837. The van der Waals surface area contributed by atoms with Crippen LogP contribution in [0.4, 0.5) is 5.69 Å². The van der Waals surface area contributed by atoms with Crippen LogP contribution in [0.15, 0.2) is 42.5 Å². The number of amides is 1. The molecular weight excluding hydrogens is 286 g/mol. The molecule has 0 unspecified atom stereocenters. The second kappa shape index (κ2) is 5.33. The SMILES string of the molecule is O=C1COc2ccc(C(=O)c3ccccc3C(=O)[O-])cc2N1. The molecule has 6 nitrogen and oxygen atoms in total. The number of anilines is 1. The molecule has 0 spiro atoms. The van der Waals surface area contributed by atoms with Crippen molar-refractivity contribution in [1.82, 2.24) is 0 Å². The van der Waals surface area contributed by atoms with E-state index in [0.29, 0.717) is 11.4 Å². The zero-order valence-electron chi connectivity index (χ0n) is 11.3. The molecule has 1 N–H and O–H groups in total. The second-order valence-electron chi connectivity index (χ2n) is 4.71. The summed E-state index contributed by atoms with van der Waals surface area (Å²) in [5, 5.41) is 13.7. The first-order valence-electron chi connectivity index (χ1n) is 6.48. The summed E-state index contributed by atoms with van der Waals surface area (Å²) in [6, 6.07) is 10.4. The van der Waals surface area contributed by atoms with Crippen molar-refractivity contribution in [3.05, 3.63) is 59.2 Å². The van der Waals surface area contributed by atoms with Crippen molar-refractivity contribution in [3.8, 4) is 5.75 Å². The van der Waals surface area contributed by atoms with Crippen molar-refractivity contribution < 1.29 is 24.2 Å². The number of rotatable bonds is 3. The van der Waals surface area contributed by atoms with Crippen LogP contribution >= 0.6 is 0 Å². The van der Waals surface area contributed by atoms with E-state index in [1.807, 2.05) is 0 Å². The summed E-state index contributed by atoms with van der Waals surface area (Å²) >= 11 is 0. The largest absolute Gasteiger partial charge is 0.545 e. The molecule has 0 aliphatic carbocycles. The lowest BCUT2D eigenvalue weighted by atomic mass is 9.98. The lowest BCUT2D eigenvalue weighted by Gasteiger charge is -2.18. The van der Waals surface area contributed by atoms with Crippen LogP contribution in [0.2, 0.25) is 0 Å².